The monoisotopic (exact) mass is 488 g/mol. The van der Waals surface area contributed by atoms with Gasteiger partial charge < -0.3 is 26.2 Å². The van der Waals surface area contributed by atoms with Crippen LogP contribution >= 0.6 is 11.8 Å². The number of fused-ring (bicyclic) bond motifs is 4. The van der Waals surface area contributed by atoms with Crippen molar-refractivity contribution in [3.05, 3.63) is 23.5 Å². The SMILES string of the molecule is CCN(CC)CCSc1cc2nc(c1)CN[C@@H]1CCCC[C@H]1NCCN[C@@H]1CCCC[C@H]1NC2. The van der Waals surface area contributed by atoms with Crippen molar-refractivity contribution in [1.82, 2.24) is 31.2 Å². The summed E-state index contributed by atoms with van der Waals surface area (Å²) < 4.78 is 0. The number of aromatic nitrogens is 1. The van der Waals surface area contributed by atoms with E-state index < -0.39 is 0 Å². The molecule has 3 aliphatic rings. The van der Waals surface area contributed by atoms with E-state index in [1.54, 1.807) is 0 Å². The van der Waals surface area contributed by atoms with Crippen LogP contribution in [0.2, 0.25) is 0 Å². The molecule has 0 amide bonds. The second-order valence-corrected chi connectivity index (χ2v) is 11.5. The summed E-state index contributed by atoms with van der Waals surface area (Å²) in [7, 11) is 0. The van der Waals surface area contributed by atoms with Gasteiger partial charge in [0.05, 0.1) is 11.4 Å². The smallest absolute Gasteiger partial charge is 0.0556 e. The largest absolute Gasteiger partial charge is 0.311 e. The molecule has 7 heteroatoms. The van der Waals surface area contributed by atoms with Gasteiger partial charge in [-0.1, -0.05) is 39.5 Å². The number of hydrogen-bond acceptors (Lipinski definition) is 7. The second-order valence-electron chi connectivity index (χ2n) is 10.3. The molecule has 2 bridgehead atoms. The third kappa shape index (κ3) is 7.90. The van der Waals surface area contributed by atoms with Crippen molar-refractivity contribution in [2.24, 2.45) is 0 Å². The lowest BCUT2D eigenvalue weighted by atomic mass is 9.89. The van der Waals surface area contributed by atoms with Gasteiger partial charge in [0, 0.05) is 67.5 Å². The van der Waals surface area contributed by atoms with E-state index in [-0.39, 0.29) is 0 Å². The van der Waals surface area contributed by atoms with Gasteiger partial charge in [0.1, 0.15) is 0 Å². The van der Waals surface area contributed by atoms with Crippen LogP contribution in [0.1, 0.15) is 76.6 Å². The van der Waals surface area contributed by atoms with Gasteiger partial charge in [0.2, 0.25) is 0 Å². The maximum Gasteiger partial charge on any atom is 0.0556 e. The molecule has 4 atom stereocenters. The summed E-state index contributed by atoms with van der Waals surface area (Å²) in [6.07, 6.45) is 10.5. The second kappa shape index (κ2) is 14.1. The van der Waals surface area contributed by atoms with Crippen LogP contribution in [0, 0.1) is 0 Å². The lowest BCUT2D eigenvalue weighted by Crippen LogP contribution is -2.53. The molecule has 0 saturated heterocycles. The molecular formula is C27H48N6S. The standard InChI is InChI=1S/C27H48N6S/c1-3-33(4-2)15-16-34-23-17-21-19-30-26-11-7-5-9-24(26)28-13-14-29-25-10-6-8-12-27(25)31-20-22(18-23)32-21/h17-18,24-31H,3-16,19-20H2,1-2H3/t24-,25-,26-,27-/m1/s1. The Bertz CT molecular complexity index is 679. The molecule has 192 valence electrons. The Morgan fingerprint density at radius 1 is 0.765 bits per heavy atom. The van der Waals surface area contributed by atoms with E-state index in [2.05, 4.69) is 52.1 Å². The zero-order valence-corrected chi connectivity index (χ0v) is 22.4. The maximum atomic E-state index is 5.11. The minimum Gasteiger partial charge on any atom is -0.311 e. The molecule has 4 rings (SSSR count). The van der Waals surface area contributed by atoms with Crippen molar-refractivity contribution in [2.75, 3.05) is 38.5 Å². The highest BCUT2D eigenvalue weighted by Gasteiger charge is 2.26. The van der Waals surface area contributed by atoms with Gasteiger partial charge in [0.25, 0.3) is 0 Å². The van der Waals surface area contributed by atoms with Crippen LogP contribution < -0.4 is 21.3 Å². The summed E-state index contributed by atoms with van der Waals surface area (Å²) in [4.78, 5) is 8.98. The minimum atomic E-state index is 0.545. The first-order chi connectivity index (χ1) is 16.7. The summed E-state index contributed by atoms with van der Waals surface area (Å²) in [6, 6.07) is 6.90. The average Bonchev–Trinajstić information content (AvgIpc) is 2.87. The van der Waals surface area contributed by atoms with Gasteiger partial charge in [0.15, 0.2) is 0 Å². The Balaban J connectivity index is 1.48. The molecule has 2 saturated carbocycles. The Labute approximate surface area is 212 Å². The third-order valence-electron chi connectivity index (χ3n) is 8.04. The van der Waals surface area contributed by atoms with Crippen molar-refractivity contribution in [1.29, 1.82) is 0 Å². The first kappa shape index (κ1) is 26.4. The molecule has 0 spiro atoms. The molecule has 1 aliphatic heterocycles. The molecule has 1 aromatic heterocycles. The van der Waals surface area contributed by atoms with Gasteiger partial charge in [-0.05, 0) is 50.9 Å². The summed E-state index contributed by atoms with van der Waals surface area (Å²) in [5.74, 6) is 1.13. The van der Waals surface area contributed by atoms with Crippen LogP contribution in [0.25, 0.3) is 0 Å². The minimum absolute atomic E-state index is 0.545. The Kier molecular flexibility index (Phi) is 11.0. The zero-order chi connectivity index (χ0) is 23.6. The number of pyridine rings is 1. The predicted molar refractivity (Wildman–Crippen MR) is 145 cm³/mol. The summed E-state index contributed by atoms with van der Waals surface area (Å²) >= 11 is 1.99. The predicted octanol–water partition coefficient (Wildman–Crippen LogP) is 3.51. The highest BCUT2D eigenvalue weighted by molar-refractivity contribution is 7.99. The van der Waals surface area contributed by atoms with E-state index in [0.29, 0.717) is 24.2 Å². The molecule has 2 aliphatic carbocycles. The lowest BCUT2D eigenvalue weighted by Gasteiger charge is -2.34. The molecule has 0 unspecified atom stereocenters. The number of hydrogen-bond donors (Lipinski definition) is 4. The zero-order valence-electron chi connectivity index (χ0n) is 21.6. The van der Waals surface area contributed by atoms with Crippen molar-refractivity contribution in [3.63, 3.8) is 0 Å². The fraction of sp³-hybridized carbons (Fsp3) is 0.815. The molecule has 0 aromatic carbocycles. The van der Waals surface area contributed by atoms with Crippen LogP contribution in [0.15, 0.2) is 17.0 Å². The first-order valence-corrected chi connectivity index (χ1v) is 15.0. The molecular weight excluding hydrogens is 440 g/mol. The van der Waals surface area contributed by atoms with E-state index in [1.807, 2.05) is 11.8 Å². The van der Waals surface area contributed by atoms with E-state index in [1.165, 1.54) is 67.6 Å². The quantitative estimate of drug-likeness (QED) is 0.457. The van der Waals surface area contributed by atoms with E-state index in [9.17, 15) is 0 Å². The van der Waals surface area contributed by atoms with Crippen molar-refractivity contribution in [2.45, 2.75) is 107 Å². The van der Waals surface area contributed by atoms with Crippen molar-refractivity contribution in [3.8, 4) is 0 Å². The summed E-state index contributed by atoms with van der Waals surface area (Å²) in [6.45, 7) is 11.8. The van der Waals surface area contributed by atoms with Crippen LogP contribution in [0.5, 0.6) is 0 Å². The highest BCUT2D eigenvalue weighted by atomic mass is 32.2. The highest BCUT2D eigenvalue weighted by Crippen LogP contribution is 2.23. The van der Waals surface area contributed by atoms with Crippen molar-refractivity contribution < 1.29 is 0 Å². The van der Waals surface area contributed by atoms with Crippen LogP contribution in [-0.4, -0.2) is 72.5 Å². The number of nitrogens with one attached hydrogen (secondary N) is 4. The van der Waals surface area contributed by atoms with E-state index >= 15 is 0 Å². The Morgan fingerprint density at radius 3 is 1.71 bits per heavy atom. The van der Waals surface area contributed by atoms with Gasteiger partial charge in [-0.3, -0.25) is 4.98 Å². The third-order valence-corrected chi connectivity index (χ3v) is 8.99. The van der Waals surface area contributed by atoms with Gasteiger partial charge in [-0.25, -0.2) is 0 Å². The molecule has 0 radical (unpaired) electrons. The molecule has 4 N–H and O–H groups in total. The summed E-state index contributed by atoms with van der Waals surface area (Å²) in [5.41, 5.74) is 2.39. The van der Waals surface area contributed by atoms with Crippen LogP contribution in [0.3, 0.4) is 0 Å². The fourth-order valence-electron chi connectivity index (χ4n) is 5.94. The average molecular weight is 489 g/mol. The summed E-state index contributed by atoms with van der Waals surface area (Å²) in [5, 5.41) is 15.5. The number of rotatable bonds is 6. The Hall–Kier alpha value is -0.700. The van der Waals surface area contributed by atoms with Gasteiger partial charge >= 0.3 is 0 Å². The maximum absolute atomic E-state index is 5.11. The van der Waals surface area contributed by atoms with Gasteiger partial charge in [-0.15, -0.1) is 11.8 Å². The first-order valence-electron chi connectivity index (χ1n) is 14.0. The molecule has 2 heterocycles. The Morgan fingerprint density at radius 2 is 1.24 bits per heavy atom. The molecule has 34 heavy (non-hydrogen) atoms. The topological polar surface area (TPSA) is 64.2 Å². The molecule has 6 nitrogen and oxygen atoms in total. The lowest BCUT2D eigenvalue weighted by molar-refractivity contribution is 0.266. The molecule has 2 fully saturated rings. The number of nitrogens with zero attached hydrogens (tertiary/aromatic N) is 2. The fourth-order valence-corrected chi connectivity index (χ4v) is 6.97. The van der Waals surface area contributed by atoms with Crippen LogP contribution in [-0.2, 0) is 13.1 Å². The number of thioether (sulfide) groups is 1. The van der Waals surface area contributed by atoms with Gasteiger partial charge in [-0.2, -0.15) is 0 Å². The van der Waals surface area contributed by atoms with E-state index in [4.69, 9.17) is 4.98 Å². The molecule has 1 aromatic rings. The van der Waals surface area contributed by atoms with Crippen LogP contribution in [0.4, 0.5) is 0 Å². The van der Waals surface area contributed by atoms with Crippen molar-refractivity contribution >= 4 is 11.8 Å². The normalized spacial score (nSPS) is 29.0. The van der Waals surface area contributed by atoms with E-state index in [0.717, 1.165) is 51.6 Å².